The summed E-state index contributed by atoms with van der Waals surface area (Å²) >= 11 is 5.15. The lowest BCUT2D eigenvalue weighted by atomic mass is 10.3. The van der Waals surface area contributed by atoms with Crippen molar-refractivity contribution in [3.63, 3.8) is 0 Å². The number of hydrogen-bond acceptors (Lipinski definition) is 2. The van der Waals surface area contributed by atoms with Crippen LogP contribution in [0.25, 0.3) is 11.0 Å². The normalized spacial score (nSPS) is 10.8. The number of thioether (sulfide) groups is 1. The van der Waals surface area contributed by atoms with E-state index in [1.807, 2.05) is 6.07 Å². The average Bonchev–Trinajstić information content (AvgIpc) is 2.50. The highest BCUT2D eigenvalue weighted by molar-refractivity contribution is 9.10. The number of nitrogens with one attached hydrogen (secondary N) is 1. The summed E-state index contributed by atoms with van der Waals surface area (Å²) in [6, 6.07) is 4.11. The molecule has 0 atom stereocenters. The Labute approximate surface area is 82.9 Å². The van der Waals surface area contributed by atoms with E-state index in [2.05, 4.69) is 38.2 Å². The summed E-state index contributed by atoms with van der Waals surface area (Å²) in [7, 11) is 0. The first-order valence-electron chi connectivity index (χ1n) is 3.48. The van der Waals surface area contributed by atoms with E-state index in [1.165, 1.54) is 4.90 Å². The molecule has 0 spiro atoms. The maximum atomic E-state index is 4.23. The van der Waals surface area contributed by atoms with Crippen LogP contribution in [-0.4, -0.2) is 16.2 Å². The minimum atomic E-state index is 1.05. The zero-order chi connectivity index (χ0) is 8.55. The van der Waals surface area contributed by atoms with Crippen molar-refractivity contribution in [1.82, 2.24) is 9.97 Å². The van der Waals surface area contributed by atoms with Crippen molar-refractivity contribution < 1.29 is 0 Å². The molecule has 0 saturated carbocycles. The van der Waals surface area contributed by atoms with Gasteiger partial charge in [-0.15, -0.1) is 11.8 Å². The number of hydrogen-bond donors (Lipinski definition) is 1. The Morgan fingerprint density at radius 1 is 1.50 bits per heavy atom. The number of H-pyrrole nitrogens is 1. The number of nitrogens with zero attached hydrogens (tertiary/aromatic N) is 1. The van der Waals surface area contributed by atoms with Crippen molar-refractivity contribution in [3.8, 4) is 0 Å². The third kappa shape index (κ3) is 1.25. The summed E-state index contributed by atoms with van der Waals surface area (Å²) in [5.74, 6) is 0. The van der Waals surface area contributed by atoms with E-state index in [1.54, 1.807) is 18.1 Å². The predicted octanol–water partition coefficient (Wildman–Crippen LogP) is 3.05. The molecule has 0 fully saturated rings. The van der Waals surface area contributed by atoms with Gasteiger partial charge < -0.3 is 4.98 Å². The van der Waals surface area contributed by atoms with Crippen molar-refractivity contribution >= 4 is 38.7 Å². The van der Waals surface area contributed by atoms with Gasteiger partial charge in [-0.3, -0.25) is 0 Å². The van der Waals surface area contributed by atoms with Crippen LogP contribution >= 0.6 is 27.7 Å². The molecule has 1 heterocycles. The Morgan fingerprint density at radius 3 is 3.08 bits per heavy atom. The highest BCUT2D eigenvalue weighted by Crippen LogP contribution is 2.27. The summed E-state index contributed by atoms with van der Waals surface area (Å²) in [5.41, 5.74) is 2.12. The van der Waals surface area contributed by atoms with Gasteiger partial charge in [-0.2, -0.15) is 0 Å². The van der Waals surface area contributed by atoms with Crippen LogP contribution in [-0.2, 0) is 0 Å². The molecule has 62 valence electrons. The van der Waals surface area contributed by atoms with Crippen LogP contribution < -0.4 is 0 Å². The Morgan fingerprint density at radius 2 is 2.33 bits per heavy atom. The molecule has 1 aromatic carbocycles. The highest BCUT2D eigenvalue weighted by Gasteiger charge is 2.03. The largest absolute Gasteiger partial charge is 0.345 e. The molecule has 1 N–H and O–H groups in total. The van der Waals surface area contributed by atoms with Crippen LogP contribution in [0.15, 0.2) is 27.8 Å². The van der Waals surface area contributed by atoms with Gasteiger partial charge in [0.15, 0.2) is 0 Å². The molecule has 4 heteroatoms. The van der Waals surface area contributed by atoms with E-state index in [9.17, 15) is 0 Å². The molecule has 0 unspecified atom stereocenters. The van der Waals surface area contributed by atoms with Crippen molar-refractivity contribution in [2.75, 3.05) is 6.26 Å². The van der Waals surface area contributed by atoms with Gasteiger partial charge in [0.25, 0.3) is 0 Å². The number of aromatic amines is 1. The van der Waals surface area contributed by atoms with Gasteiger partial charge in [0.2, 0.25) is 0 Å². The number of aromatic nitrogens is 2. The van der Waals surface area contributed by atoms with E-state index in [4.69, 9.17) is 0 Å². The van der Waals surface area contributed by atoms with E-state index >= 15 is 0 Å². The summed E-state index contributed by atoms with van der Waals surface area (Å²) in [5, 5.41) is 0. The Hall–Kier alpha value is -0.480. The van der Waals surface area contributed by atoms with Gasteiger partial charge in [0, 0.05) is 9.37 Å². The summed E-state index contributed by atoms with van der Waals surface area (Å²) in [4.78, 5) is 8.51. The predicted molar refractivity (Wildman–Crippen MR) is 55.6 cm³/mol. The molecule has 0 saturated heterocycles. The SMILES string of the molecule is CSc1cc(Br)cc2[nH]cnc12. The zero-order valence-corrected chi connectivity index (χ0v) is 8.87. The van der Waals surface area contributed by atoms with Gasteiger partial charge in [0.05, 0.1) is 11.8 Å². The Kier molecular flexibility index (Phi) is 2.11. The van der Waals surface area contributed by atoms with Gasteiger partial charge in [0.1, 0.15) is 5.52 Å². The minimum Gasteiger partial charge on any atom is -0.345 e. The molecule has 2 aromatic rings. The summed E-state index contributed by atoms with van der Waals surface area (Å²) in [6.45, 7) is 0. The van der Waals surface area contributed by atoms with Gasteiger partial charge in [-0.25, -0.2) is 4.98 Å². The smallest absolute Gasteiger partial charge is 0.102 e. The molecule has 2 nitrogen and oxygen atoms in total. The zero-order valence-electron chi connectivity index (χ0n) is 6.47. The molecule has 0 aliphatic carbocycles. The molecule has 0 amide bonds. The Bertz CT molecular complexity index is 410. The van der Waals surface area contributed by atoms with Gasteiger partial charge in [-0.05, 0) is 18.4 Å². The average molecular weight is 243 g/mol. The fraction of sp³-hybridized carbons (Fsp3) is 0.125. The second kappa shape index (κ2) is 3.11. The standard InChI is InChI=1S/C8H7BrN2S/c1-12-7-3-5(9)2-6-8(7)11-4-10-6/h2-4H,1H3,(H,10,11). The fourth-order valence-corrected chi connectivity index (χ4v) is 2.35. The fourth-order valence-electron chi connectivity index (χ4n) is 1.14. The molecule has 0 bridgehead atoms. The molecule has 0 radical (unpaired) electrons. The quantitative estimate of drug-likeness (QED) is 0.780. The van der Waals surface area contributed by atoms with Crippen LogP contribution in [0.3, 0.4) is 0 Å². The van der Waals surface area contributed by atoms with E-state index in [-0.39, 0.29) is 0 Å². The van der Waals surface area contributed by atoms with Crippen LogP contribution in [0.4, 0.5) is 0 Å². The minimum absolute atomic E-state index is 1.05. The highest BCUT2D eigenvalue weighted by atomic mass is 79.9. The van der Waals surface area contributed by atoms with Gasteiger partial charge in [-0.1, -0.05) is 15.9 Å². The molecular weight excluding hydrogens is 236 g/mol. The van der Waals surface area contributed by atoms with Crippen molar-refractivity contribution in [1.29, 1.82) is 0 Å². The van der Waals surface area contributed by atoms with Crippen LogP contribution in [0.5, 0.6) is 0 Å². The van der Waals surface area contributed by atoms with E-state index in [0.29, 0.717) is 0 Å². The first-order chi connectivity index (χ1) is 5.81. The molecule has 12 heavy (non-hydrogen) atoms. The molecule has 0 aliphatic heterocycles. The number of halogens is 1. The lowest BCUT2D eigenvalue weighted by molar-refractivity contribution is 1.33. The first kappa shape index (κ1) is 8.13. The summed E-state index contributed by atoms with van der Waals surface area (Å²) < 4.78 is 1.09. The van der Waals surface area contributed by atoms with Crippen molar-refractivity contribution in [3.05, 3.63) is 22.9 Å². The first-order valence-corrected chi connectivity index (χ1v) is 5.49. The Balaban J connectivity index is 2.80. The number of rotatable bonds is 1. The lowest BCUT2D eigenvalue weighted by Gasteiger charge is -1.98. The monoisotopic (exact) mass is 242 g/mol. The molecule has 0 aliphatic rings. The molecule has 1 aromatic heterocycles. The van der Waals surface area contributed by atoms with E-state index in [0.717, 1.165) is 15.5 Å². The topological polar surface area (TPSA) is 28.7 Å². The second-order valence-electron chi connectivity index (χ2n) is 2.41. The third-order valence-corrected chi connectivity index (χ3v) is 2.88. The van der Waals surface area contributed by atoms with E-state index < -0.39 is 0 Å². The van der Waals surface area contributed by atoms with Gasteiger partial charge >= 0.3 is 0 Å². The van der Waals surface area contributed by atoms with Crippen LogP contribution in [0.2, 0.25) is 0 Å². The van der Waals surface area contributed by atoms with Crippen LogP contribution in [0.1, 0.15) is 0 Å². The second-order valence-corrected chi connectivity index (χ2v) is 4.17. The van der Waals surface area contributed by atoms with Crippen LogP contribution in [0, 0.1) is 0 Å². The number of benzene rings is 1. The molecular formula is C8H7BrN2S. The third-order valence-electron chi connectivity index (χ3n) is 1.67. The number of fused-ring (bicyclic) bond motifs is 1. The summed E-state index contributed by atoms with van der Waals surface area (Å²) in [6.07, 6.45) is 3.77. The van der Waals surface area contributed by atoms with Crippen molar-refractivity contribution in [2.45, 2.75) is 4.90 Å². The number of imidazole rings is 1. The molecule has 2 rings (SSSR count). The maximum Gasteiger partial charge on any atom is 0.102 e. The van der Waals surface area contributed by atoms with Crippen molar-refractivity contribution in [2.24, 2.45) is 0 Å². The maximum absolute atomic E-state index is 4.23. The lowest BCUT2D eigenvalue weighted by Crippen LogP contribution is -1.75.